The summed E-state index contributed by atoms with van der Waals surface area (Å²) in [4.78, 5) is 7.21. The molecule has 0 atom stereocenters. The van der Waals surface area contributed by atoms with E-state index in [9.17, 15) is 17.9 Å². The number of hydrogen-bond donors (Lipinski definition) is 1. The highest BCUT2D eigenvalue weighted by Gasteiger charge is 2.39. The van der Waals surface area contributed by atoms with Crippen molar-refractivity contribution in [2.24, 2.45) is 5.41 Å². The summed E-state index contributed by atoms with van der Waals surface area (Å²) < 4.78 is 46.6. The molecule has 0 bridgehead atoms. The van der Waals surface area contributed by atoms with Gasteiger partial charge in [-0.25, -0.2) is 26.6 Å². The maximum absolute atomic E-state index is 13.6. The van der Waals surface area contributed by atoms with E-state index in [-0.39, 0.29) is 18.2 Å². The lowest BCUT2D eigenvalue weighted by Gasteiger charge is -2.40. The molecule has 0 aliphatic carbocycles. The molecule has 1 aliphatic heterocycles. The SMILES string of the molecule is COc1cc(F)ccc1-c1cnc2sc(N3CCC(CO)(CS(=O)(=O)N(C)C)CC3)nn12. The normalized spacial score (nSPS) is 16.8. The van der Waals surface area contributed by atoms with Gasteiger partial charge in [-0.2, -0.15) is 0 Å². The van der Waals surface area contributed by atoms with Gasteiger partial charge < -0.3 is 14.7 Å². The molecule has 3 heterocycles. The first kappa shape index (κ1) is 22.9. The van der Waals surface area contributed by atoms with Crippen LogP contribution >= 0.6 is 11.3 Å². The fourth-order valence-corrected chi connectivity index (χ4v) is 6.25. The summed E-state index contributed by atoms with van der Waals surface area (Å²) in [6, 6.07) is 4.33. The second kappa shape index (κ2) is 8.58. The molecule has 174 valence electrons. The molecule has 0 saturated carbocycles. The number of nitrogens with zero attached hydrogens (tertiary/aromatic N) is 5. The minimum atomic E-state index is -3.42. The van der Waals surface area contributed by atoms with Gasteiger partial charge in [0, 0.05) is 50.8 Å². The number of ether oxygens (including phenoxy) is 1. The van der Waals surface area contributed by atoms with Crippen LogP contribution in [0.2, 0.25) is 0 Å². The zero-order chi connectivity index (χ0) is 23.1. The predicted octanol–water partition coefficient (Wildman–Crippen LogP) is 2.08. The topological polar surface area (TPSA) is 100 Å². The Morgan fingerprint density at radius 2 is 2.03 bits per heavy atom. The van der Waals surface area contributed by atoms with Gasteiger partial charge >= 0.3 is 0 Å². The monoisotopic (exact) mass is 483 g/mol. The number of aliphatic hydroxyl groups excluding tert-OH is 1. The number of methoxy groups -OCH3 is 1. The molecule has 1 aliphatic rings. The van der Waals surface area contributed by atoms with Gasteiger partial charge in [0.05, 0.1) is 24.8 Å². The van der Waals surface area contributed by atoms with Gasteiger partial charge in [-0.1, -0.05) is 11.3 Å². The highest BCUT2D eigenvalue weighted by atomic mass is 32.2. The molecular weight excluding hydrogens is 457 g/mol. The molecule has 0 radical (unpaired) electrons. The van der Waals surface area contributed by atoms with E-state index in [1.807, 2.05) is 0 Å². The van der Waals surface area contributed by atoms with E-state index in [2.05, 4.69) is 9.88 Å². The third-order valence-corrected chi connectivity index (χ3v) is 9.06. The maximum Gasteiger partial charge on any atom is 0.214 e. The zero-order valence-electron chi connectivity index (χ0n) is 18.2. The third kappa shape index (κ3) is 4.19. The van der Waals surface area contributed by atoms with Crippen molar-refractivity contribution in [1.82, 2.24) is 18.9 Å². The van der Waals surface area contributed by atoms with E-state index in [4.69, 9.17) is 9.84 Å². The van der Waals surface area contributed by atoms with Gasteiger partial charge in [-0.3, -0.25) is 0 Å². The molecule has 3 aromatic rings. The Kier molecular flexibility index (Phi) is 6.14. The summed E-state index contributed by atoms with van der Waals surface area (Å²) in [5, 5.41) is 15.5. The lowest BCUT2D eigenvalue weighted by Crippen LogP contribution is -2.47. The number of fused-ring (bicyclic) bond motifs is 1. The Labute approximate surface area is 190 Å². The minimum absolute atomic E-state index is 0.0763. The number of benzene rings is 1. The number of hydrogen-bond acceptors (Lipinski definition) is 8. The van der Waals surface area contributed by atoms with Gasteiger partial charge in [0.2, 0.25) is 20.1 Å². The number of imidazole rings is 1. The molecule has 12 heteroatoms. The van der Waals surface area contributed by atoms with Gasteiger partial charge in [0.15, 0.2) is 0 Å². The molecule has 9 nitrogen and oxygen atoms in total. The predicted molar refractivity (Wildman–Crippen MR) is 121 cm³/mol. The summed E-state index contributed by atoms with van der Waals surface area (Å²) in [6.07, 6.45) is 2.76. The zero-order valence-corrected chi connectivity index (χ0v) is 19.8. The highest BCUT2D eigenvalue weighted by molar-refractivity contribution is 7.89. The van der Waals surface area contributed by atoms with Crippen LogP contribution in [-0.2, 0) is 10.0 Å². The molecule has 1 aromatic carbocycles. The fraction of sp³-hybridized carbons (Fsp3) is 0.500. The molecule has 0 spiro atoms. The van der Waals surface area contributed by atoms with Gasteiger partial charge in [0.25, 0.3) is 0 Å². The Balaban J connectivity index is 1.57. The van der Waals surface area contributed by atoms with Gasteiger partial charge in [-0.05, 0) is 25.0 Å². The number of aliphatic hydroxyl groups is 1. The number of halogens is 1. The summed E-state index contributed by atoms with van der Waals surface area (Å²) >= 11 is 1.42. The van der Waals surface area contributed by atoms with E-state index in [0.717, 1.165) is 5.13 Å². The quantitative estimate of drug-likeness (QED) is 0.549. The standard InChI is InChI=1S/C20H26FN5O4S2/c1-24(2)32(28,29)13-20(12-27)6-8-25(9-7-20)19-23-26-16(11-22-18(26)31-19)15-5-4-14(21)10-17(15)30-3/h4-5,10-11,27H,6-9,12-13H2,1-3H3. The van der Waals surface area contributed by atoms with Crippen LogP contribution in [0.3, 0.4) is 0 Å². The lowest BCUT2D eigenvalue weighted by atomic mass is 9.81. The van der Waals surface area contributed by atoms with Crippen LogP contribution in [-0.4, -0.2) is 79.1 Å². The molecule has 1 N–H and O–H groups in total. The number of aromatic nitrogens is 3. The van der Waals surface area contributed by atoms with Crippen LogP contribution in [0.15, 0.2) is 24.4 Å². The Hall–Kier alpha value is -2.28. The van der Waals surface area contributed by atoms with E-state index in [0.29, 0.717) is 47.9 Å². The average molecular weight is 484 g/mol. The van der Waals surface area contributed by atoms with Crippen molar-refractivity contribution in [1.29, 1.82) is 0 Å². The van der Waals surface area contributed by atoms with E-state index >= 15 is 0 Å². The molecule has 32 heavy (non-hydrogen) atoms. The minimum Gasteiger partial charge on any atom is -0.496 e. The van der Waals surface area contributed by atoms with Crippen LogP contribution in [0, 0.1) is 11.2 Å². The van der Waals surface area contributed by atoms with E-state index < -0.39 is 15.4 Å². The van der Waals surface area contributed by atoms with Crippen molar-refractivity contribution in [2.75, 3.05) is 51.6 Å². The van der Waals surface area contributed by atoms with Crippen molar-refractivity contribution in [2.45, 2.75) is 12.8 Å². The van der Waals surface area contributed by atoms with Crippen LogP contribution in [0.4, 0.5) is 9.52 Å². The van der Waals surface area contributed by atoms with Gasteiger partial charge in [0.1, 0.15) is 11.6 Å². The molecule has 0 unspecified atom stereocenters. The molecule has 4 rings (SSSR count). The van der Waals surface area contributed by atoms with E-state index in [1.54, 1.807) is 16.8 Å². The van der Waals surface area contributed by atoms with Crippen LogP contribution in [0.25, 0.3) is 16.2 Å². The highest BCUT2D eigenvalue weighted by Crippen LogP contribution is 2.38. The first-order valence-electron chi connectivity index (χ1n) is 10.1. The smallest absolute Gasteiger partial charge is 0.214 e. The molecule has 1 saturated heterocycles. The van der Waals surface area contributed by atoms with Crippen molar-refractivity contribution in [3.8, 4) is 17.0 Å². The molecule has 1 fully saturated rings. The van der Waals surface area contributed by atoms with Crippen molar-refractivity contribution < 1.29 is 22.7 Å². The Morgan fingerprint density at radius 1 is 1.31 bits per heavy atom. The maximum atomic E-state index is 13.6. The third-order valence-electron chi connectivity index (χ3n) is 5.99. The van der Waals surface area contributed by atoms with Crippen molar-refractivity contribution in [3.05, 3.63) is 30.2 Å². The Morgan fingerprint density at radius 3 is 2.66 bits per heavy atom. The summed E-state index contributed by atoms with van der Waals surface area (Å²) in [6.45, 7) is 0.981. The van der Waals surface area contributed by atoms with E-state index in [1.165, 1.54) is 49.0 Å². The fourth-order valence-electron chi connectivity index (χ4n) is 3.91. The average Bonchev–Trinajstić information content (AvgIpc) is 3.35. The largest absolute Gasteiger partial charge is 0.496 e. The van der Waals surface area contributed by atoms with Crippen LogP contribution < -0.4 is 9.64 Å². The molecular formula is C20H26FN5O4S2. The second-order valence-electron chi connectivity index (χ2n) is 8.25. The molecule has 0 amide bonds. The van der Waals surface area contributed by atoms with Crippen molar-refractivity contribution in [3.63, 3.8) is 0 Å². The van der Waals surface area contributed by atoms with Crippen LogP contribution in [0.5, 0.6) is 5.75 Å². The lowest BCUT2D eigenvalue weighted by molar-refractivity contribution is 0.116. The van der Waals surface area contributed by atoms with Gasteiger partial charge in [-0.15, -0.1) is 5.10 Å². The summed E-state index contributed by atoms with van der Waals surface area (Å²) in [7, 11) is 1.08. The number of anilines is 1. The van der Waals surface area contributed by atoms with Crippen molar-refractivity contribution >= 4 is 31.5 Å². The second-order valence-corrected chi connectivity index (χ2v) is 11.4. The Bertz CT molecular complexity index is 1220. The first-order valence-corrected chi connectivity index (χ1v) is 12.6. The number of rotatable bonds is 7. The number of piperidine rings is 1. The molecule has 2 aromatic heterocycles. The summed E-state index contributed by atoms with van der Waals surface area (Å²) in [5.41, 5.74) is 0.715. The summed E-state index contributed by atoms with van der Waals surface area (Å²) in [5.74, 6) is -0.0658. The first-order chi connectivity index (χ1) is 15.2. The number of sulfonamides is 1. The van der Waals surface area contributed by atoms with Crippen LogP contribution in [0.1, 0.15) is 12.8 Å².